The van der Waals surface area contributed by atoms with Crippen LogP contribution in [0.15, 0.2) is 12.1 Å². The quantitative estimate of drug-likeness (QED) is 0.832. The van der Waals surface area contributed by atoms with Crippen molar-refractivity contribution in [2.45, 2.75) is 33.4 Å². The molecule has 2 rings (SSSR count). The lowest BCUT2D eigenvalue weighted by atomic mass is 10.0. The molecule has 1 N–H and O–H groups in total. The van der Waals surface area contributed by atoms with Crippen molar-refractivity contribution in [3.63, 3.8) is 0 Å². The molecule has 0 aromatic heterocycles. The maximum absolute atomic E-state index is 12.1. The molecule has 0 saturated heterocycles. The predicted molar refractivity (Wildman–Crippen MR) is 84.7 cm³/mol. The molecular formula is C16H20ClNO5. The predicted octanol–water partition coefficient (Wildman–Crippen LogP) is 2.32. The number of carbonyl (C=O) groups is 2. The first-order valence-corrected chi connectivity index (χ1v) is 7.78. The summed E-state index contributed by atoms with van der Waals surface area (Å²) in [6.07, 6.45) is 0. The third kappa shape index (κ3) is 4.51. The van der Waals surface area contributed by atoms with Gasteiger partial charge in [-0.15, -0.1) is 0 Å². The summed E-state index contributed by atoms with van der Waals surface area (Å²) < 4.78 is 16.2. The highest BCUT2D eigenvalue weighted by atomic mass is 35.5. The standard InChI is InChI=1S/C16H20ClNO5/c1-9(2)14(18-10(3)19)16(20)23-8-11-6-12(17)15-13(7-11)21-4-5-22-15/h6-7,9,14H,4-5,8H2,1-3H3,(H,18,19). The second-order valence-corrected chi connectivity index (χ2v) is 6.04. The molecule has 1 aliphatic rings. The second-order valence-electron chi connectivity index (χ2n) is 5.63. The van der Waals surface area contributed by atoms with Gasteiger partial charge in [0.25, 0.3) is 0 Å². The fraction of sp³-hybridized carbons (Fsp3) is 0.500. The number of ether oxygens (including phenoxy) is 3. The van der Waals surface area contributed by atoms with Gasteiger partial charge >= 0.3 is 5.97 Å². The summed E-state index contributed by atoms with van der Waals surface area (Å²) in [4.78, 5) is 23.3. The summed E-state index contributed by atoms with van der Waals surface area (Å²) >= 11 is 6.14. The zero-order valence-electron chi connectivity index (χ0n) is 13.3. The first-order chi connectivity index (χ1) is 10.9. The fourth-order valence-corrected chi connectivity index (χ4v) is 2.50. The van der Waals surface area contributed by atoms with Crippen LogP contribution in [0.25, 0.3) is 0 Å². The van der Waals surface area contributed by atoms with Crippen molar-refractivity contribution in [3.05, 3.63) is 22.7 Å². The van der Waals surface area contributed by atoms with Gasteiger partial charge in [-0.05, 0) is 23.6 Å². The minimum atomic E-state index is -0.680. The normalized spacial score (nSPS) is 14.3. The lowest BCUT2D eigenvalue weighted by Gasteiger charge is -2.21. The average molecular weight is 342 g/mol. The molecule has 0 bridgehead atoms. The molecule has 0 saturated carbocycles. The van der Waals surface area contributed by atoms with Gasteiger partial charge in [0.15, 0.2) is 11.5 Å². The zero-order chi connectivity index (χ0) is 17.0. The van der Waals surface area contributed by atoms with Gasteiger partial charge in [0.2, 0.25) is 5.91 Å². The molecule has 7 heteroatoms. The van der Waals surface area contributed by atoms with Crippen LogP contribution in [-0.4, -0.2) is 31.1 Å². The van der Waals surface area contributed by atoms with Gasteiger partial charge in [-0.1, -0.05) is 25.4 Å². The highest BCUT2D eigenvalue weighted by molar-refractivity contribution is 6.32. The van der Waals surface area contributed by atoms with Gasteiger partial charge in [-0.25, -0.2) is 4.79 Å². The molecule has 23 heavy (non-hydrogen) atoms. The lowest BCUT2D eigenvalue weighted by Crippen LogP contribution is -2.44. The molecular weight excluding hydrogens is 322 g/mol. The SMILES string of the molecule is CC(=O)NC(C(=O)OCc1cc(Cl)c2c(c1)OCCO2)C(C)C. The van der Waals surface area contributed by atoms with Gasteiger partial charge in [-0.3, -0.25) is 4.79 Å². The Hall–Kier alpha value is -1.95. The molecule has 126 valence electrons. The molecule has 1 aliphatic heterocycles. The summed E-state index contributed by atoms with van der Waals surface area (Å²) in [5.41, 5.74) is 0.693. The van der Waals surface area contributed by atoms with Crippen LogP contribution in [0.1, 0.15) is 26.3 Å². The number of rotatable bonds is 5. The van der Waals surface area contributed by atoms with E-state index in [1.165, 1.54) is 6.92 Å². The van der Waals surface area contributed by atoms with Crippen LogP contribution in [0.2, 0.25) is 5.02 Å². The molecule has 0 fully saturated rings. The molecule has 1 atom stereocenters. The number of hydrogen-bond donors (Lipinski definition) is 1. The van der Waals surface area contributed by atoms with Gasteiger partial charge in [0, 0.05) is 6.92 Å². The van der Waals surface area contributed by atoms with Crippen LogP contribution < -0.4 is 14.8 Å². The Labute approximate surface area is 140 Å². The first kappa shape index (κ1) is 17.4. The van der Waals surface area contributed by atoms with Crippen LogP contribution in [0.5, 0.6) is 11.5 Å². The van der Waals surface area contributed by atoms with Crippen LogP contribution >= 0.6 is 11.6 Å². The Morgan fingerprint density at radius 1 is 1.30 bits per heavy atom. The molecule has 1 aromatic rings. The van der Waals surface area contributed by atoms with Crippen LogP contribution in [-0.2, 0) is 20.9 Å². The topological polar surface area (TPSA) is 73.9 Å². The van der Waals surface area contributed by atoms with Crippen molar-refractivity contribution in [1.82, 2.24) is 5.32 Å². The Morgan fingerprint density at radius 2 is 2.00 bits per heavy atom. The summed E-state index contributed by atoms with van der Waals surface area (Å²) in [5, 5.41) is 3.00. The van der Waals surface area contributed by atoms with Gasteiger partial charge in [0.05, 0.1) is 5.02 Å². The lowest BCUT2D eigenvalue weighted by molar-refractivity contribution is -0.150. The average Bonchev–Trinajstić information content (AvgIpc) is 2.50. The number of fused-ring (bicyclic) bond motifs is 1. The van der Waals surface area contributed by atoms with E-state index in [0.29, 0.717) is 35.3 Å². The van der Waals surface area contributed by atoms with Crippen LogP contribution in [0, 0.1) is 5.92 Å². The third-order valence-electron chi connectivity index (χ3n) is 3.32. The third-order valence-corrected chi connectivity index (χ3v) is 3.60. The minimum absolute atomic E-state index is 0.0397. The van der Waals surface area contributed by atoms with Gasteiger partial charge in [-0.2, -0.15) is 0 Å². The van der Waals surface area contributed by atoms with Crippen molar-refractivity contribution in [2.75, 3.05) is 13.2 Å². The summed E-state index contributed by atoms with van der Waals surface area (Å²) in [6.45, 7) is 5.98. The minimum Gasteiger partial charge on any atom is -0.486 e. The van der Waals surface area contributed by atoms with E-state index in [-0.39, 0.29) is 18.4 Å². The number of halogens is 1. The fourth-order valence-electron chi connectivity index (χ4n) is 2.21. The Kier molecular flexibility index (Phi) is 5.71. The molecule has 1 aromatic carbocycles. The van der Waals surface area contributed by atoms with E-state index in [1.807, 2.05) is 13.8 Å². The molecule has 1 amide bonds. The number of amides is 1. The second kappa shape index (κ2) is 7.55. The maximum atomic E-state index is 12.1. The zero-order valence-corrected chi connectivity index (χ0v) is 14.1. The Morgan fingerprint density at radius 3 is 2.65 bits per heavy atom. The largest absolute Gasteiger partial charge is 0.486 e. The molecule has 0 radical (unpaired) electrons. The van der Waals surface area contributed by atoms with Gasteiger partial charge < -0.3 is 19.5 Å². The van der Waals surface area contributed by atoms with Crippen molar-refractivity contribution in [2.24, 2.45) is 5.92 Å². The van der Waals surface area contributed by atoms with Crippen molar-refractivity contribution < 1.29 is 23.8 Å². The summed E-state index contributed by atoms with van der Waals surface area (Å²) in [5.74, 6) is 0.211. The molecule has 0 spiro atoms. The number of nitrogens with one attached hydrogen (secondary N) is 1. The number of benzene rings is 1. The summed E-state index contributed by atoms with van der Waals surface area (Å²) in [6, 6.07) is 2.72. The van der Waals surface area contributed by atoms with E-state index >= 15 is 0 Å². The smallest absolute Gasteiger partial charge is 0.329 e. The van der Waals surface area contributed by atoms with E-state index < -0.39 is 12.0 Å². The highest BCUT2D eigenvalue weighted by Crippen LogP contribution is 2.38. The highest BCUT2D eigenvalue weighted by Gasteiger charge is 2.25. The Bertz CT molecular complexity index is 602. The van der Waals surface area contributed by atoms with Crippen molar-refractivity contribution in [3.8, 4) is 11.5 Å². The monoisotopic (exact) mass is 341 g/mol. The number of hydrogen-bond acceptors (Lipinski definition) is 5. The van der Waals surface area contributed by atoms with Crippen LogP contribution in [0.3, 0.4) is 0 Å². The van der Waals surface area contributed by atoms with E-state index in [9.17, 15) is 9.59 Å². The van der Waals surface area contributed by atoms with E-state index in [2.05, 4.69) is 5.32 Å². The van der Waals surface area contributed by atoms with Crippen molar-refractivity contribution in [1.29, 1.82) is 0 Å². The number of carbonyl (C=O) groups excluding carboxylic acids is 2. The van der Waals surface area contributed by atoms with Crippen LogP contribution in [0.4, 0.5) is 0 Å². The van der Waals surface area contributed by atoms with E-state index in [0.717, 1.165) is 0 Å². The molecule has 1 heterocycles. The maximum Gasteiger partial charge on any atom is 0.329 e. The molecule has 6 nitrogen and oxygen atoms in total. The molecule has 1 unspecified atom stereocenters. The number of esters is 1. The van der Waals surface area contributed by atoms with E-state index in [4.69, 9.17) is 25.8 Å². The van der Waals surface area contributed by atoms with Gasteiger partial charge in [0.1, 0.15) is 25.9 Å². The van der Waals surface area contributed by atoms with E-state index in [1.54, 1.807) is 12.1 Å². The van der Waals surface area contributed by atoms with Crippen molar-refractivity contribution >= 4 is 23.5 Å². The summed E-state index contributed by atoms with van der Waals surface area (Å²) in [7, 11) is 0. The Balaban J connectivity index is 2.03. The molecule has 0 aliphatic carbocycles. The first-order valence-electron chi connectivity index (χ1n) is 7.40.